The topological polar surface area (TPSA) is 132 Å². The number of benzene rings is 1. The van der Waals surface area contributed by atoms with Crippen molar-refractivity contribution in [2.45, 2.75) is 26.8 Å². The third-order valence-corrected chi connectivity index (χ3v) is 5.83. The lowest BCUT2D eigenvalue weighted by molar-refractivity contribution is -0.118. The van der Waals surface area contributed by atoms with E-state index in [2.05, 4.69) is 21.4 Å². The second-order valence-electron chi connectivity index (χ2n) is 8.18. The molecule has 3 heterocycles. The molecule has 1 aliphatic heterocycles. The third kappa shape index (κ3) is 4.30. The number of carbonyl (C=O) groups excluding carboxylic acids is 1. The Hall–Kier alpha value is -3.77. The number of pyridine rings is 1. The normalized spacial score (nSPS) is 16.6. The monoisotopic (exact) mass is 464 g/mol. The van der Waals surface area contributed by atoms with Crippen LogP contribution in [0.2, 0.25) is 5.15 Å². The van der Waals surface area contributed by atoms with Gasteiger partial charge >= 0.3 is 5.97 Å². The zero-order chi connectivity index (χ0) is 23.9. The van der Waals surface area contributed by atoms with Crippen LogP contribution >= 0.6 is 11.6 Å². The smallest absolute Gasteiger partial charge is 0.356 e. The molecule has 2 aromatic heterocycles. The van der Waals surface area contributed by atoms with Gasteiger partial charge in [0.1, 0.15) is 11.2 Å². The Balaban J connectivity index is 1.81. The molecule has 0 spiro atoms. The summed E-state index contributed by atoms with van der Waals surface area (Å²) < 4.78 is 0. The molecule has 0 bridgehead atoms. The van der Waals surface area contributed by atoms with E-state index in [0.717, 1.165) is 11.1 Å². The highest BCUT2D eigenvalue weighted by atomic mass is 35.5. The molecule has 1 unspecified atom stereocenters. The van der Waals surface area contributed by atoms with E-state index in [1.807, 2.05) is 32.9 Å². The molecule has 168 valence electrons. The minimum Gasteiger partial charge on any atom is -0.476 e. The van der Waals surface area contributed by atoms with Gasteiger partial charge in [0.25, 0.3) is 0 Å². The molecule has 33 heavy (non-hydrogen) atoms. The van der Waals surface area contributed by atoms with E-state index in [0.29, 0.717) is 29.1 Å². The van der Waals surface area contributed by atoms with E-state index >= 15 is 0 Å². The molecule has 2 N–H and O–H groups in total. The summed E-state index contributed by atoms with van der Waals surface area (Å²) in [5.41, 5.74) is 3.09. The van der Waals surface area contributed by atoms with Crippen LogP contribution in [0.5, 0.6) is 0 Å². The van der Waals surface area contributed by atoms with Gasteiger partial charge in [-0.1, -0.05) is 24.6 Å². The maximum atomic E-state index is 12.1. The van der Waals surface area contributed by atoms with Crippen LogP contribution in [0.1, 0.15) is 47.2 Å². The first-order chi connectivity index (χ1) is 15.7. The number of nitriles is 1. The molecule has 9 nitrogen and oxygen atoms in total. The molecule has 0 saturated carbocycles. The standard InChI is InChI=1S/C23H21ClN6O3/c1-11-6-14(13(3)26-15-4-5-19(24)28-21(15)23(32)33)20-16(7-11)27-17(8-25)22(29-20)30-9-12(2)18(31)10-30/h4-7,12-13,26H,9-10H2,1-3H3,(H,32,33)/t12?,13-/m1/s1. The van der Waals surface area contributed by atoms with Crippen molar-refractivity contribution in [3.63, 3.8) is 0 Å². The maximum absolute atomic E-state index is 12.1. The Bertz CT molecular complexity index is 1340. The molecule has 1 aromatic carbocycles. The number of hydrogen-bond acceptors (Lipinski definition) is 8. The Morgan fingerprint density at radius 2 is 2.09 bits per heavy atom. The van der Waals surface area contributed by atoms with E-state index < -0.39 is 5.97 Å². The van der Waals surface area contributed by atoms with Crippen LogP contribution < -0.4 is 10.2 Å². The van der Waals surface area contributed by atoms with Crippen LogP contribution in [-0.4, -0.2) is 44.9 Å². The SMILES string of the molecule is Cc1cc([C@@H](C)Nc2ccc(Cl)nc2C(=O)O)c2nc(N3CC(=O)C(C)C3)c(C#N)nc2c1. The van der Waals surface area contributed by atoms with Gasteiger partial charge in [0, 0.05) is 18.0 Å². The van der Waals surface area contributed by atoms with Crippen LogP contribution in [0.4, 0.5) is 11.5 Å². The molecular formula is C23H21ClN6O3. The molecule has 1 aliphatic rings. The molecule has 0 amide bonds. The lowest BCUT2D eigenvalue weighted by atomic mass is 10.0. The van der Waals surface area contributed by atoms with E-state index in [9.17, 15) is 20.0 Å². The van der Waals surface area contributed by atoms with Gasteiger partial charge in [0.15, 0.2) is 23.0 Å². The zero-order valence-electron chi connectivity index (χ0n) is 18.3. The first-order valence-electron chi connectivity index (χ1n) is 10.3. The average molecular weight is 465 g/mol. The summed E-state index contributed by atoms with van der Waals surface area (Å²) in [6.07, 6.45) is 0. The summed E-state index contributed by atoms with van der Waals surface area (Å²) in [5, 5.41) is 22.4. The highest BCUT2D eigenvalue weighted by molar-refractivity contribution is 6.29. The Labute approximate surface area is 195 Å². The fourth-order valence-electron chi connectivity index (χ4n) is 3.98. The number of rotatable bonds is 5. The van der Waals surface area contributed by atoms with Crippen LogP contribution in [0.15, 0.2) is 24.3 Å². The van der Waals surface area contributed by atoms with Crippen LogP contribution in [0.3, 0.4) is 0 Å². The number of halogens is 1. The molecular weight excluding hydrogens is 444 g/mol. The van der Waals surface area contributed by atoms with Crippen molar-refractivity contribution in [2.24, 2.45) is 5.92 Å². The molecule has 0 radical (unpaired) electrons. The van der Waals surface area contributed by atoms with Crippen molar-refractivity contribution in [1.82, 2.24) is 15.0 Å². The minimum absolute atomic E-state index is 0.0838. The first-order valence-corrected chi connectivity index (χ1v) is 10.7. The number of nitrogens with zero attached hydrogens (tertiary/aromatic N) is 5. The second kappa shape index (κ2) is 8.64. The van der Waals surface area contributed by atoms with Crippen LogP contribution in [0.25, 0.3) is 11.0 Å². The van der Waals surface area contributed by atoms with Crippen molar-refractivity contribution in [2.75, 3.05) is 23.3 Å². The summed E-state index contributed by atoms with van der Waals surface area (Å²) in [7, 11) is 0. The van der Waals surface area contributed by atoms with E-state index in [1.54, 1.807) is 11.0 Å². The molecule has 0 aliphatic carbocycles. The van der Waals surface area contributed by atoms with Crippen molar-refractivity contribution < 1.29 is 14.7 Å². The van der Waals surface area contributed by atoms with Gasteiger partial charge in [-0.3, -0.25) is 4.79 Å². The number of carbonyl (C=O) groups is 2. The fourth-order valence-corrected chi connectivity index (χ4v) is 4.12. The number of aromatic nitrogens is 3. The average Bonchev–Trinajstić information content (AvgIpc) is 3.11. The Kier molecular flexibility index (Phi) is 5.87. The highest BCUT2D eigenvalue weighted by Gasteiger charge is 2.30. The Morgan fingerprint density at radius 1 is 1.33 bits per heavy atom. The van der Waals surface area contributed by atoms with E-state index in [-0.39, 0.29) is 40.8 Å². The van der Waals surface area contributed by atoms with Gasteiger partial charge in [-0.2, -0.15) is 5.26 Å². The number of ketones is 1. The van der Waals surface area contributed by atoms with Gasteiger partial charge in [-0.25, -0.2) is 19.7 Å². The lowest BCUT2D eigenvalue weighted by Crippen LogP contribution is -2.23. The number of nitrogens with one attached hydrogen (secondary N) is 1. The maximum Gasteiger partial charge on any atom is 0.356 e. The summed E-state index contributed by atoms with van der Waals surface area (Å²) in [5.74, 6) is -0.871. The quantitative estimate of drug-likeness (QED) is 0.541. The predicted molar refractivity (Wildman–Crippen MR) is 124 cm³/mol. The van der Waals surface area contributed by atoms with Crippen LogP contribution in [-0.2, 0) is 4.79 Å². The van der Waals surface area contributed by atoms with Gasteiger partial charge < -0.3 is 15.3 Å². The van der Waals surface area contributed by atoms with Crippen molar-refractivity contribution in [3.05, 3.63) is 51.9 Å². The number of anilines is 2. The Morgan fingerprint density at radius 3 is 2.73 bits per heavy atom. The zero-order valence-corrected chi connectivity index (χ0v) is 19.0. The molecule has 1 fully saturated rings. The molecule has 1 saturated heterocycles. The summed E-state index contributed by atoms with van der Waals surface area (Å²) in [4.78, 5) is 38.7. The second-order valence-corrected chi connectivity index (χ2v) is 8.57. The number of carboxylic acids is 1. The highest BCUT2D eigenvalue weighted by Crippen LogP contribution is 2.31. The number of Topliss-reactive ketones (excluding diaryl/α,β-unsaturated/α-hetero) is 1. The van der Waals surface area contributed by atoms with Gasteiger partial charge in [-0.15, -0.1) is 0 Å². The van der Waals surface area contributed by atoms with Gasteiger partial charge in [0.2, 0.25) is 0 Å². The van der Waals surface area contributed by atoms with Gasteiger partial charge in [-0.05, 0) is 37.6 Å². The number of fused-ring (bicyclic) bond motifs is 1. The molecule has 2 atom stereocenters. The summed E-state index contributed by atoms with van der Waals surface area (Å²) >= 11 is 5.87. The summed E-state index contributed by atoms with van der Waals surface area (Å²) in [6.45, 7) is 6.29. The predicted octanol–water partition coefficient (Wildman–Crippen LogP) is 3.75. The third-order valence-electron chi connectivity index (χ3n) is 5.62. The number of aromatic carboxylic acids is 1. The molecule has 10 heteroatoms. The lowest BCUT2D eigenvalue weighted by Gasteiger charge is -2.21. The number of aryl methyl sites for hydroxylation is 1. The fraction of sp³-hybridized carbons (Fsp3) is 0.304. The molecule has 3 aromatic rings. The molecule has 4 rings (SSSR count). The minimum atomic E-state index is -1.20. The number of carboxylic acid groups (broad SMARTS) is 1. The summed E-state index contributed by atoms with van der Waals surface area (Å²) in [6, 6.07) is 8.58. The first kappa shape index (κ1) is 22.4. The van der Waals surface area contributed by atoms with Crippen molar-refractivity contribution >= 4 is 45.9 Å². The van der Waals surface area contributed by atoms with Crippen molar-refractivity contribution in [1.29, 1.82) is 5.26 Å². The van der Waals surface area contributed by atoms with E-state index in [4.69, 9.17) is 16.6 Å². The number of hydrogen-bond donors (Lipinski definition) is 2. The van der Waals surface area contributed by atoms with Crippen molar-refractivity contribution in [3.8, 4) is 6.07 Å². The van der Waals surface area contributed by atoms with E-state index in [1.165, 1.54) is 6.07 Å². The van der Waals surface area contributed by atoms with Gasteiger partial charge in [0.05, 0.1) is 29.3 Å². The van der Waals surface area contributed by atoms with Crippen LogP contribution in [0, 0.1) is 24.2 Å². The largest absolute Gasteiger partial charge is 0.476 e.